The molecule has 4 heteroatoms. The fourth-order valence-corrected chi connectivity index (χ4v) is 2.90. The number of rotatable bonds is 5. The minimum Gasteiger partial charge on any atom is -0.371 e. The molecular weight excluding hydrogens is 274 g/mol. The zero-order valence-electron chi connectivity index (χ0n) is 14.0. The zero-order valence-corrected chi connectivity index (χ0v) is 14.0. The average molecular weight is 303 g/mol. The average Bonchev–Trinajstić information content (AvgIpc) is 2.47. The molecule has 0 saturated carbocycles. The third-order valence-electron chi connectivity index (χ3n) is 4.32. The number of hydrogen-bond donors (Lipinski definition) is 2. The molecule has 22 heavy (non-hydrogen) atoms. The SMILES string of the molecule is CC(C)C[C@H](N)C(=O)Nc1cccc(N2CCC(C)CC2)c1. The Morgan fingerprint density at radius 1 is 1.36 bits per heavy atom. The summed E-state index contributed by atoms with van der Waals surface area (Å²) < 4.78 is 0. The van der Waals surface area contributed by atoms with Gasteiger partial charge in [0.1, 0.15) is 0 Å². The van der Waals surface area contributed by atoms with Crippen molar-refractivity contribution >= 4 is 17.3 Å². The highest BCUT2D eigenvalue weighted by Crippen LogP contribution is 2.25. The molecule has 1 aromatic carbocycles. The maximum atomic E-state index is 12.1. The van der Waals surface area contributed by atoms with Gasteiger partial charge in [-0.15, -0.1) is 0 Å². The van der Waals surface area contributed by atoms with Crippen molar-refractivity contribution < 1.29 is 4.79 Å². The van der Waals surface area contributed by atoms with Crippen LogP contribution in [0.4, 0.5) is 11.4 Å². The van der Waals surface area contributed by atoms with E-state index in [9.17, 15) is 4.79 Å². The first-order valence-electron chi connectivity index (χ1n) is 8.37. The van der Waals surface area contributed by atoms with Gasteiger partial charge in [-0.3, -0.25) is 4.79 Å². The van der Waals surface area contributed by atoms with Crippen molar-refractivity contribution in [1.29, 1.82) is 0 Å². The molecule has 1 aromatic rings. The quantitative estimate of drug-likeness (QED) is 0.878. The summed E-state index contributed by atoms with van der Waals surface area (Å²) in [4.78, 5) is 14.5. The number of anilines is 2. The molecule has 0 unspecified atom stereocenters. The molecule has 1 aliphatic rings. The van der Waals surface area contributed by atoms with Gasteiger partial charge in [-0.2, -0.15) is 0 Å². The normalized spacial score (nSPS) is 17.6. The predicted octanol–water partition coefficient (Wildman–Crippen LogP) is 3.23. The molecule has 1 amide bonds. The van der Waals surface area contributed by atoms with E-state index in [0.717, 1.165) is 24.7 Å². The Morgan fingerprint density at radius 3 is 2.68 bits per heavy atom. The molecule has 0 bridgehead atoms. The summed E-state index contributed by atoms with van der Waals surface area (Å²) >= 11 is 0. The zero-order chi connectivity index (χ0) is 16.1. The Kier molecular flexibility index (Phi) is 5.83. The summed E-state index contributed by atoms with van der Waals surface area (Å²) in [7, 11) is 0. The van der Waals surface area contributed by atoms with Gasteiger partial charge in [0.05, 0.1) is 6.04 Å². The number of carbonyl (C=O) groups is 1. The molecule has 1 aliphatic heterocycles. The van der Waals surface area contributed by atoms with Gasteiger partial charge in [0.15, 0.2) is 0 Å². The molecule has 1 atom stereocenters. The topological polar surface area (TPSA) is 58.4 Å². The Bertz CT molecular complexity index is 493. The number of benzene rings is 1. The highest BCUT2D eigenvalue weighted by molar-refractivity contribution is 5.95. The molecule has 0 aliphatic carbocycles. The summed E-state index contributed by atoms with van der Waals surface area (Å²) in [6, 6.07) is 7.64. The van der Waals surface area contributed by atoms with Crippen molar-refractivity contribution in [2.75, 3.05) is 23.3 Å². The molecule has 0 radical (unpaired) electrons. The second kappa shape index (κ2) is 7.63. The van der Waals surface area contributed by atoms with Gasteiger partial charge in [-0.25, -0.2) is 0 Å². The Labute approximate surface area is 134 Å². The van der Waals surface area contributed by atoms with Crippen molar-refractivity contribution in [1.82, 2.24) is 0 Å². The summed E-state index contributed by atoms with van der Waals surface area (Å²) in [6.45, 7) is 8.64. The van der Waals surface area contributed by atoms with E-state index < -0.39 is 6.04 Å². The summed E-state index contributed by atoms with van der Waals surface area (Å²) in [6.07, 6.45) is 3.17. The largest absolute Gasteiger partial charge is 0.371 e. The second-order valence-corrected chi connectivity index (χ2v) is 6.95. The van der Waals surface area contributed by atoms with Crippen LogP contribution in [-0.4, -0.2) is 25.0 Å². The number of hydrogen-bond acceptors (Lipinski definition) is 3. The number of nitrogens with two attached hydrogens (primary N) is 1. The fourth-order valence-electron chi connectivity index (χ4n) is 2.90. The van der Waals surface area contributed by atoms with E-state index in [-0.39, 0.29) is 5.91 Å². The van der Waals surface area contributed by atoms with E-state index in [4.69, 9.17) is 5.73 Å². The van der Waals surface area contributed by atoms with Crippen LogP contribution in [0.1, 0.15) is 40.0 Å². The van der Waals surface area contributed by atoms with E-state index >= 15 is 0 Å². The van der Waals surface area contributed by atoms with Crippen LogP contribution in [0.3, 0.4) is 0 Å². The van der Waals surface area contributed by atoms with Crippen LogP contribution in [-0.2, 0) is 4.79 Å². The first-order chi connectivity index (χ1) is 10.5. The van der Waals surface area contributed by atoms with Crippen molar-refractivity contribution in [3.05, 3.63) is 24.3 Å². The number of carbonyl (C=O) groups excluding carboxylic acids is 1. The van der Waals surface area contributed by atoms with Crippen LogP contribution in [0.15, 0.2) is 24.3 Å². The molecule has 4 nitrogen and oxygen atoms in total. The third-order valence-corrected chi connectivity index (χ3v) is 4.32. The van der Waals surface area contributed by atoms with Crippen LogP contribution >= 0.6 is 0 Å². The third kappa shape index (κ3) is 4.73. The van der Waals surface area contributed by atoms with Gasteiger partial charge in [0.25, 0.3) is 0 Å². The molecule has 1 saturated heterocycles. The van der Waals surface area contributed by atoms with Crippen LogP contribution < -0.4 is 16.0 Å². The Balaban J connectivity index is 1.98. The van der Waals surface area contributed by atoms with Gasteiger partial charge < -0.3 is 16.0 Å². The fraction of sp³-hybridized carbons (Fsp3) is 0.611. The number of amides is 1. The van der Waals surface area contributed by atoms with Gasteiger partial charge in [-0.1, -0.05) is 26.8 Å². The maximum absolute atomic E-state index is 12.1. The summed E-state index contributed by atoms with van der Waals surface area (Å²) in [5.41, 5.74) is 7.96. The van der Waals surface area contributed by atoms with Crippen LogP contribution in [0, 0.1) is 11.8 Å². The molecule has 0 aromatic heterocycles. The van der Waals surface area contributed by atoms with Crippen molar-refractivity contribution in [3.63, 3.8) is 0 Å². The highest BCUT2D eigenvalue weighted by Gasteiger charge is 2.18. The van der Waals surface area contributed by atoms with Crippen LogP contribution in [0.2, 0.25) is 0 Å². The molecule has 1 heterocycles. The Hall–Kier alpha value is -1.55. The minimum atomic E-state index is -0.445. The van der Waals surface area contributed by atoms with Gasteiger partial charge in [0.2, 0.25) is 5.91 Å². The van der Waals surface area contributed by atoms with Crippen molar-refractivity contribution in [3.8, 4) is 0 Å². The Morgan fingerprint density at radius 2 is 2.05 bits per heavy atom. The molecule has 0 spiro atoms. The monoisotopic (exact) mass is 303 g/mol. The van der Waals surface area contributed by atoms with Gasteiger partial charge in [0, 0.05) is 24.5 Å². The van der Waals surface area contributed by atoms with Gasteiger partial charge in [-0.05, 0) is 49.3 Å². The molecular formula is C18H29N3O. The minimum absolute atomic E-state index is 0.0990. The number of nitrogens with one attached hydrogen (secondary N) is 1. The van der Waals surface area contributed by atoms with E-state index in [2.05, 4.69) is 43.1 Å². The van der Waals surface area contributed by atoms with Crippen molar-refractivity contribution in [2.24, 2.45) is 17.6 Å². The lowest BCUT2D eigenvalue weighted by molar-refractivity contribution is -0.117. The summed E-state index contributed by atoms with van der Waals surface area (Å²) in [5.74, 6) is 1.13. The van der Waals surface area contributed by atoms with E-state index in [1.807, 2.05) is 12.1 Å². The first kappa shape index (κ1) is 16.8. The maximum Gasteiger partial charge on any atom is 0.241 e. The van der Waals surface area contributed by atoms with E-state index in [1.54, 1.807) is 0 Å². The number of nitrogens with zero attached hydrogens (tertiary/aromatic N) is 1. The standard InChI is InChI=1S/C18H29N3O/c1-13(2)11-17(19)18(22)20-15-5-4-6-16(12-15)21-9-7-14(3)8-10-21/h4-6,12-14,17H,7-11,19H2,1-3H3,(H,20,22)/t17-/m0/s1. The molecule has 2 rings (SSSR count). The second-order valence-electron chi connectivity index (χ2n) is 6.95. The first-order valence-corrected chi connectivity index (χ1v) is 8.37. The highest BCUT2D eigenvalue weighted by atomic mass is 16.2. The molecule has 3 N–H and O–H groups in total. The van der Waals surface area contributed by atoms with E-state index in [1.165, 1.54) is 18.5 Å². The smallest absolute Gasteiger partial charge is 0.241 e. The van der Waals surface area contributed by atoms with Gasteiger partial charge >= 0.3 is 0 Å². The lowest BCUT2D eigenvalue weighted by Gasteiger charge is -2.32. The van der Waals surface area contributed by atoms with Crippen LogP contribution in [0.25, 0.3) is 0 Å². The molecule has 1 fully saturated rings. The van der Waals surface area contributed by atoms with Crippen molar-refractivity contribution in [2.45, 2.75) is 46.1 Å². The lowest BCUT2D eigenvalue weighted by atomic mass is 9.99. The predicted molar refractivity (Wildman–Crippen MR) is 93.1 cm³/mol. The van der Waals surface area contributed by atoms with Crippen LogP contribution in [0.5, 0.6) is 0 Å². The van der Waals surface area contributed by atoms with E-state index in [0.29, 0.717) is 12.3 Å². The number of piperidine rings is 1. The summed E-state index contributed by atoms with van der Waals surface area (Å²) in [5, 5.41) is 2.94. The molecule has 122 valence electrons. The lowest BCUT2D eigenvalue weighted by Crippen LogP contribution is -2.36.